The number of nitriles is 1. The number of amides is 1. The van der Waals surface area contributed by atoms with Gasteiger partial charge in [-0.25, -0.2) is 0 Å². The van der Waals surface area contributed by atoms with E-state index in [4.69, 9.17) is 10.00 Å². The van der Waals surface area contributed by atoms with Crippen molar-refractivity contribution in [1.82, 2.24) is 5.32 Å². The fourth-order valence-electron chi connectivity index (χ4n) is 1.91. The van der Waals surface area contributed by atoms with Gasteiger partial charge in [0, 0.05) is 4.47 Å². The predicted molar refractivity (Wildman–Crippen MR) is 74.5 cm³/mol. The van der Waals surface area contributed by atoms with E-state index in [-0.39, 0.29) is 18.4 Å². The molecule has 0 aliphatic heterocycles. The van der Waals surface area contributed by atoms with E-state index in [9.17, 15) is 4.79 Å². The molecule has 1 unspecified atom stereocenters. The summed E-state index contributed by atoms with van der Waals surface area (Å²) in [5, 5.41) is 11.9. The standard InChI is InChI=1S/C14H15BrN2O2/c1-14(9-16,10-5-6-10)17-13(18)8-19-12-4-2-3-11(15)7-12/h2-4,7,10H,5-6,8H2,1H3,(H,17,18). The molecule has 1 aliphatic carbocycles. The Balaban J connectivity index is 1.86. The fourth-order valence-corrected chi connectivity index (χ4v) is 2.29. The average Bonchev–Trinajstić information content (AvgIpc) is 3.21. The van der Waals surface area contributed by atoms with Crippen molar-refractivity contribution in [3.05, 3.63) is 28.7 Å². The Morgan fingerprint density at radius 1 is 1.63 bits per heavy atom. The summed E-state index contributed by atoms with van der Waals surface area (Å²) in [6.07, 6.45) is 1.99. The van der Waals surface area contributed by atoms with Gasteiger partial charge in [-0.3, -0.25) is 4.79 Å². The summed E-state index contributed by atoms with van der Waals surface area (Å²) in [6.45, 7) is 1.68. The molecule has 0 saturated heterocycles. The highest BCUT2D eigenvalue weighted by Gasteiger charge is 2.43. The molecular weight excluding hydrogens is 308 g/mol. The van der Waals surface area contributed by atoms with Crippen LogP contribution < -0.4 is 10.1 Å². The third-order valence-electron chi connectivity index (χ3n) is 3.19. The van der Waals surface area contributed by atoms with Crippen LogP contribution in [0.4, 0.5) is 0 Å². The second-order valence-corrected chi connectivity index (χ2v) is 5.80. The zero-order valence-corrected chi connectivity index (χ0v) is 12.2. The molecule has 100 valence electrons. The van der Waals surface area contributed by atoms with Crippen molar-refractivity contribution in [3.63, 3.8) is 0 Å². The zero-order valence-electron chi connectivity index (χ0n) is 10.6. The van der Waals surface area contributed by atoms with E-state index in [1.165, 1.54) is 0 Å². The van der Waals surface area contributed by atoms with Crippen LogP contribution in [-0.4, -0.2) is 18.1 Å². The molecule has 0 aromatic heterocycles. The Labute approximate surface area is 120 Å². The summed E-state index contributed by atoms with van der Waals surface area (Å²) in [5.41, 5.74) is -0.766. The third kappa shape index (κ3) is 3.71. The van der Waals surface area contributed by atoms with Gasteiger partial charge >= 0.3 is 0 Å². The molecule has 5 heteroatoms. The number of carbonyl (C=O) groups excluding carboxylic acids is 1. The molecule has 1 saturated carbocycles. The lowest BCUT2D eigenvalue weighted by Gasteiger charge is -2.22. The van der Waals surface area contributed by atoms with E-state index in [1.807, 2.05) is 12.1 Å². The number of benzene rings is 1. The van der Waals surface area contributed by atoms with Gasteiger partial charge in [-0.15, -0.1) is 0 Å². The minimum atomic E-state index is -0.766. The first-order valence-electron chi connectivity index (χ1n) is 6.14. The summed E-state index contributed by atoms with van der Waals surface area (Å²) >= 11 is 3.33. The molecule has 1 atom stereocenters. The highest BCUT2D eigenvalue weighted by Crippen LogP contribution is 2.39. The van der Waals surface area contributed by atoms with Crippen molar-refractivity contribution in [2.75, 3.05) is 6.61 Å². The molecule has 4 nitrogen and oxygen atoms in total. The summed E-state index contributed by atoms with van der Waals surface area (Å²) in [5.74, 6) is 0.623. The van der Waals surface area contributed by atoms with Gasteiger partial charge in [-0.05, 0) is 43.9 Å². The lowest BCUT2D eigenvalue weighted by molar-refractivity contribution is -0.124. The van der Waals surface area contributed by atoms with E-state index in [1.54, 1.807) is 19.1 Å². The highest BCUT2D eigenvalue weighted by atomic mass is 79.9. The van der Waals surface area contributed by atoms with Crippen LogP contribution in [0.25, 0.3) is 0 Å². The number of nitrogens with one attached hydrogen (secondary N) is 1. The quantitative estimate of drug-likeness (QED) is 0.906. The van der Waals surface area contributed by atoms with E-state index in [0.717, 1.165) is 17.3 Å². The maximum absolute atomic E-state index is 11.8. The van der Waals surface area contributed by atoms with Crippen LogP contribution in [-0.2, 0) is 4.79 Å². The van der Waals surface area contributed by atoms with E-state index >= 15 is 0 Å². The topological polar surface area (TPSA) is 62.1 Å². The molecule has 0 radical (unpaired) electrons. The molecule has 1 N–H and O–H groups in total. The van der Waals surface area contributed by atoms with Crippen molar-refractivity contribution in [2.45, 2.75) is 25.3 Å². The van der Waals surface area contributed by atoms with Crippen molar-refractivity contribution in [1.29, 1.82) is 5.26 Å². The van der Waals surface area contributed by atoms with Gasteiger partial charge in [0.05, 0.1) is 6.07 Å². The Bertz CT molecular complexity index is 522. The molecule has 19 heavy (non-hydrogen) atoms. The molecule has 0 heterocycles. The van der Waals surface area contributed by atoms with Gasteiger partial charge in [0.15, 0.2) is 6.61 Å². The lowest BCUT2D eigenvalue weighted by atomic mass is 9.98. The van der Waals surface area contributed by atoms with Crippen molar-refractivity contribution in [2.24, 2.45) is 5.92 Å². The van der Waals surface area contributed by atoms with Crippen molar-refractivity contribution in [3.8, 4) is 11.8 Å². The van der Waals surface area contributed by atoms with Crippen LogP contribution in [0.2, 0.25) is 0 Å². The van der Waals surface area contributed by atoms with Gasteiger partial charge in [0.2, 0.25) is 0 Å². The number of hydrogen-bond acceptors (Lipinski definition) is 3. The first kappa shape index (κ1) is 13.9. The van der Waals surface area contributed by atoms with Crippen LogP contribution in [0.15, 0.2) is 28.7 Å². The number of halogens is 1. The van der Waals surface area contributed by atoms with Crippen molar-refractivity contribution >= 4 is 21.8 Å². The molecule has 0 bridgehead atoms. The Morgan fingerprint density at radius 2 is 2.37 bits per heavy atom. The molecule has 0 spiro atoms. The van der Waals surface area contributed by atoms with Gasteiger partial charge in [0.1, 0.15) is 11.3 Å². The number of carbonyl (C=O) groups is 1. The lowest BCUT2D eigenvalue weighted by Crippen LogP contribution is -2.48. The first-order valence-corrected chi connectivity index (χ1v) is 6.93. The molecule has 1 aliphatic rings. The van der Waals surface area contributed by atoms with E-state index < -0.39 is 5.54 Å². The zero-order chi connectivity index (χ0) is 13.9. The van der Waals surface area contributed by atoms with Gasteiger partial charge in [-0.2, -0.15) is 5.26 Å². The summed E-state index contributed by atoms with van der Waals surface area (Å²) in [7, 11) is 0. The fraction of sp³-hybridized carbons (Fsp3) is 0.429. The van der Waals surface area contributed by atoms with Crippen LogP contribution in [0, 0.1) is 17.2 Å². The van der Waals surface area contributed by atoms with Gasteiger partial charge < -0.3 is 10.1 Å². The van der Waals surface area contributed by atoms with E-state index in [2.05, 4.69) is 27.3 Å². The smallest absolute Gasteiger partial charge is 0.259 e. The van der Waals surface area contributed by atoms with Crippen LogP contribution in [0.1, 0.15) is 19.8 Å². The van der Waals surface area contributed by atoms with Crippen LogP contribution in [0.3, 0.4) is 0 Å². The van der Waals surface area contributed by atoms with Crippen LogP contribution >= 0.6 is 15.9 Å². The second-order valence-electron chi connectivity index (χ2n) is 4.88. The SMILES string of the molecule is CC(C#N)(NC(=O)COc1cccc(Br)c1)C1CC1. The summed E-state index contributed by atoms with van der Waals surface area (Å²) in [4.78, 5) is 11.8. The normalized spacial score (nSPS) is 17.1. The Kier molecular flexibility index (Phi) is 4.11. The number of ether oxygens (including phenoxy) is 1. The number of hydrogen-bond donors (Lipinski definition) is 1. The monoisotopic (exact) mass is 322 g/mol. The molecule has 2 rings (SSSR count). The molecule has 1 aromatic carbocycles. The van der Waals surface area contributed by atoms with Crippen molar-refractivity contribution < 1.29 is 9.53 Å². The molecule has 1 aromatic rings. The highest BCUT2D eigenvalue weighted by molar-refractivity contribution is 9.10. The summed E-state index contributed by atoms with van der Waals surface area (Å²) < 4.78 is 6.28. The predicted octanol–water partition coefficient (Wildman–Crippen LogP) is 2.64. The third-order valence-corrected chi connectivity index (χ3v) is 3.68. The maximum Gasteiger partial charge on any atom is 0.259 e. The minimum Gasteiger partial charge on any atom is -0.484 e. The maximum atomic E-state index is 11.8. The number of rotatable bonds is 5. The second kappa shape index (κ2) is 5.62. The largest absolute Gasteiger partial charge is 0.484 e. The first-order chi connectivity index (χ1) is 9.03. The average molecular weight is 323 g/mol. The Hall–Kier alpha value is -1.54. The number of nitrogens with zero attached hydrogens (tertiary/aromatic N) is 1. The van der Waals surface area contributed by atoms with E-state index in [0.29, 0.717) is 5.75 Å². The van der Waals surface area contributed by atoms with Gasteiger partial charge in [-0.1, -0.05) is 22.0 Å². The molecular formula is C14H15BrN2O2. The summed E-state index contributed by atoms with van der Waals surface area (Å²) in [6, 6.07) is 9.47. The molecule has 1 amide bonds. The minimum absolute atomic E-state index is 0.0829. The van der Waals surface area contributed by atoms with Gasteiger partial charge in [0.25, 0.3) is 5.91 Å². The van der Waals surface area contributed by atoms with Crippen LogP contribution in [0.5, 0.6) is 5.75 Å². The molecule has 1 fully saturated rings. The Morgan fingerprint density at radius 3 is 2.95 bits per heavy atom.